The first-order valence-corrected chi connectivity index (χ1v) is 9.05. The molecule has 1 aliphatic rings. The molecular formula is C21H20N2O4S. The van der Waals surface area contributed by atoms with Gasteiger partial charge < -0.3 is 14.4 Å². The van der Waals surface area contributed by atoms with Crippen molar-refractivity contribution >= 4 is 35.3 Å². The minimum atomic E-state index is -0.523. The number of nitrogens with zero attached hydrogens (tertiary/aromatic N) is 2. The second-order valence-electron chi connectivity index (χ2n) is 6.18. The number of likely N-dealkylation sites (N-methyl/N-ethyl adjacent to an activating group) is 1. The summed E-state index contributed by atoms with van der Waals surface area (Å²) in [6.45, 7) is 0.279. The monoisotopic (exact) mass is 396 g/mol. The maximum atomic E-state index is 12.6. The number of rotatable bonds is 6. The van der Waals surface area contributed by atoms with E-state index in [0.717, 1.165) is 16.9 Å². The van der Waals surface area contributed by atoms with Crippen LogP contribution in [-0.4, -0.2) is 47.5 Å². The molecule has 0 aliphatic carbocycles. The highest BCUT2D eigenvalue weighted by Gasteiger charge is 2.36. The van der Waals surface area contributed by atoms with Crippen LogP contribution in [0.4, 0.5) is 0 Å². The molecule has 0 atom stereocenters. The normalized spacial score (nSPS) is 15.3. The van der Waals surface area contributed by atoms with Crippen molar-refractivity contribution in [1.29, 1.82) is 0 Å². The molecule has 144 valence electrons. The topological polar surface area (TPSA) is 59.1 Å². The van der Waals surface area contributed by atoms with E-state index < -0.39 is 5.97 Å². The summed E-state index contributed by atoms with van der Waals surface area (Å²) in [4.78, 5) is 26.9. The van der Waals surface area contributed by atoms with Gasteiger partial charge in [-0.3, -0.25) is 14.5 Å². The fourth-order valence-corrected chi connectivity index (χ4v) is 2.95. The van der Waals surface area contributed by atoms with E-state index in [1.165, 1.54) is 12.0 Å². The van der Waals surface area contributed by atoms with Crippen LogP contribution < -0.4 is 4.74 Å². The van der Waals surface area contributed by atoms with Gasteiger partial charge in [0.2, 0.25) is 0 Å². The Morgan fingerprint density at radius 1 is 1.11 bits per heavy atom. The number of benzene rings is 2. The Hall–Kier alpha value is -3.19. The molecule has 6 nitrogen and oxygen atoms in total. The summed E-state index contributed by atoms with van der Waals surface area (Å²) in [5.41, 5.74) is 2.31. The number of carbonyl (C=O) groups excluding carboxylic acids is 2. The summed E-state index contributed by atoms with van der Waals surface area (Å²) in [5.74, 6) is -0.118. The van der Waals surface area contributed by atoms with Gasteiger partial charge >= 0.3 is 5.97 Å². The Morgan fingerprint density at radius 3 is 2.43 bits per heavy atom. The highest BCUT2D eigenvalue weighted by atomic mass is 32.1. The molecule has 0 N–H and O–H groups in total. The van der Waals surface area contributed by atoms with Crippen molar-refractivity contribution < 1.29 is 19.1 Å². The van der Waals surface area contributed by atoms with Crippen LogP contribution in [0.3, 0.4) is 0 Å². The summed E-state index contributed by atoms with van der Waals surface area (Å²) in [7, 11) is 2.97. The number of amides is 1. The molecule has 1 amide bonds. The molecule has 0 radical (unpaired) electrons. The Labute approximate surface area is 169 Å². The standard InChI is InChI=1S/C21H20N2O4S/c1-22-18(20(25)23(21(22)28)13-19(24)26-2)12-15-8-10-17(11-9-15)27-14-16-6-4-3-5-7-16/h3-12H,13-14H2,1-2H3/b18-12-. The molecule has 0 spiro atoms. The fraction of sp³-hybridized carbons (Fsp3) is 0.190. The number of methoxy groups -OCH3 is 1. The van der Waals surface area contributed by atoms with Gasteiger partial charge in [0.1, 0.15) is 24.6 Å². The summed E-state index contributed by atoms with van der Waals surface area (Å²) >= 11 is 5.26. The smallest absolute Gasteiger partial charge is 0.325 e. The first kappa shape index (κ1) is 19.6. The van der Waals surface area contributed by atoms with Gasteiger partial charge in [0.25, 0.3) is 5.91 Å². The molecule has 1 aliphatic heterocycles. The largest absolute Gasteiger partial charge is 0.489 e. The Balaban J connectivity index is 1.69. The van der Waals surface area contributed by atoms with Crippen LogP contribution >= 0.6 is 12.2 Å². The van der Waals surface area contributed by atoms with E-state index in [1.807, 2.05) is 54.6 Å². The van der Waals surface area contributed by atoms with Crippen molar-refractivity contribution in [2.24, 2.45) is 0 Å². The number of thiocarbonyl (C=S) groups is 1. The van der Waals surface area contributed by atoms with Crippen molar-refractivity contribution in [2.75, 3.05) is 20.7 Å². The van der Waals surface area contributed by atoms with Crippen LogP contribution in [0.1, 0.15) is 11.1 Å². The lowest BCUT2D eigenvalue weighted by Crippen LogP contribution is -2.36. The van der Waals surface area contributed by atoms with Gasteiger partial charge in [-0.1, -0.05) is 42.5 Å². The zero-order valence-corrected chi connectivity index (χ0v) is 16.4. The molecule has 1 heterocycles. The average molecular weight is 396 g/mol. The predicted molar refractivity (Wildman–Crippen MR) is 109 cm³/mol. The van der Waals surface area contributed by atoms with Crippen LogP contribution in [-0.2, 0) is 20.9 Å². The zero-order valence-electron chi connectivity index (χ0n) is 15.6. The van der Waals surface area contributed by atoms with Crippen LogP contribution in [0.25, 0.3) is 6.08 Å². The maximum Gasteiger partial charge on any atom is 0.325 e. The fourth-order valence-electron chi connectivity index (χ4n) is 2.70. The summed E-state index contributed by atoms with van der Waals surface area (Å²) in [6.07, 6.45) is 1.73. The van der Waals surface area contributed by atoms with E-state index in [-0.39, 0.29) is 17.6 Å². The lowest BCUT2D eigenvalue weighted by molar-refractivity contribution is -0.143. The Kier molecular flexibility index (Phi) is 6.06. The third-order valence-corrected chi connectivity index (χ3v) is 4.78. The van der Waals surface area contributed by atoms with E-state index in [1.54, 1.807) is 18.0 Å². The lowest BCUT2D eigenvalue weighted by Gasteiger charge is -2.14. The van der Waals surface area contributed by atoms with Crippen molar-refractivity contribution in [3.05, 3.63) is 71.4 Å². The molecule has 1 fully saturated rings. The number of esters is 1. The van der Waals surface area contributed by atoms with E-state index in [4.69, 9.17) is 17.0 Å². The molecule has 2 aromatic rings. The molecule has 0 saturated carbocycles. The van der Waals surface area contributed by atoms with Gasteiger partial charge in [0.05, 0.1) is 7.11 Å². The van der Waals surface area contributed by atoms with Gasteiger partial charge in [0, 0.05) is 7.05 Å². The summed E-state index contributed by atoms with van der Waals surface area (Å²) in [6, 6.07) is 17.3. The van der Waals surface area contributed by atoms with Crippen molar-refractivity contribution in [2.45, 2.75) is 6.61 Å². The van der Waals surface area contributed by atoms with Gasteiger partial charge in [-0.25, -0.2) is 0 Å². The van der Waals surface area contributed by atoms with Crippen molar-refractivity contribution in [1.82, 2.24) is 9.80 Å². The van der Waals surface area contributed by atoms with Crippen molar-refractivity contribution in [3.63, 3.8) is 0 Å². The Bertz CT molecular complexity index is 910. The molecule has 1 saturated heterocycles. The molecule has 0 unspecified atom stereocenters. The summed E-state index contributed by atoms with van der Waals surface area (Å²) in [5, 5.41) is 0.268. The van der Waals surface area contributed by atoms with Crippen LogP contribution in [0.2, 0.25) is 0 Å². The molecule has 0 bridgehead atoms. The molecule has 7 heteroatoms. The SMILES string of the molecule is COC(=O)CN1C(=O)/C(=C/c2ccc(OCc3ccccc3)cc2)N(C)C1=S. The van der Waals surface area contributed by atoms with E-state index >= 15 is 0 Å². The average Bonchev–Trinajstić information content (AvgIpc) is 2.92. The van der Waals surface area contributed by atoms with Crippen LogP contribution in [0.5, 0.6) is 5.75 Å². The van der Waals surface area contributed by atoms with Gasteiger partial charge in [-0.15, -0.1) is 0 Å². The van der Waals surface area contributed by atoms with E-state index in [0.29, 0.717) is 12.3 Å². The van der Waals surface area contributed by atoms with E-state index in [2.05, 4.69) is 4.74 Å². The highest BCUT2D eigenvalue weighted by Crippen LogP contribution is 2.23. The first-order chi connectivity index (χ1) is 13.5. The quantitative estimate of drug-likeness (QED) is 0.425. The third-order valence-electron chi connectivity index (χ3n) is 4.29. The maximum absolute atomic E-state index is 12.6. The van der Waals surface area contributed by atoms with Crippen LogP contribution in [0, 0.1) is 0 Å². The molecule has 3 rings (SSSR count). The highest BCUT2D eigenvalue weighted by molar-refractivity contribution is 7.80. The second kappa shape index (κ2) is 8.67. The van der Waals surface area contributed by atoms with E-state index in [9.17, 15) is 9.59 Å². The minimum absolute atomic E-state index is 0.206. The van der Waals surface area contributed by atoms with Crippen molar-refractivity contribution in [3.8, 4) is 5.75 Å². The predicted octanol–water partition coefficient (Wildman–Crippen LogP) is 2.84. The van der Waals surface area contributed by atoms with Gasteiger partial charge in [0.15, 0.2) is 5.11 Å². The first-order valence-electron chi connectivity index (χ1n) is 8.64. The van der Waals surface area contributed by atoms with Gasteiger partial charge in [-0.2, -0.15) is 0 Å². The lowest BCUT2D eigenvalue weighted by atomic mass is 10.1. The summed E-state index contributed by atoms with van der Waals surface area (Å²) < 4.78 is 10.4. The third kappa shape index (κ3) is 4.37. The molecule has 28 heavy (non-hydrogen) atoms. The Morgan fingerprint density at radius 2 is 1.79 bits per heavy atom. The zero-order chi connectivity index (χ0) is 20.1. The number of hydrogen-bond acceptors (Lipinski definition) is 5. The number of carbonyl (C=O) groups is 2. The number of ether oxygens (including phenoxy) is 2. The molecule has 0 aromatic heterocycles. The minimum Gasteiger partial charge on any atom is -0.489 e. The molecular weight excluding hydrogens is 376 g/mol. The van der Waals surface area contributed by atoms with Crippen LogP contribution in [0.15, 0.2) is 60.3 Å². The molecule has 2 aromatic carbocycles. The number of hydrogen-bond donors (Lipinski definition) is 0. The van der Waals surface area contributed by atoms with Gasteiger partial charge in [-0.05, 0) is 41.6 Å². The second-order valence-corrected chi connectivity index (χ2v) is 6.55.